The van der Waals surface area contributed by atoms with Gasteiger partial charge in [-0.1, -0.05) is 35.2 Å². The van der Waals surface area contributed by atoms with Gasteiger partial charge in [0.1, 0.15) is 0 Å². The molecule has 0 spiro atoms. The molecular formula is C10H19BrO. The molecule has 1 aliphatic carbocycles. The fraction of sp³-hybridized carbons (Fsp3) is 1.00. The SMILES string of the molecule is BrCCCCOCCC1CCC1. The Hall–Kier alpha value is 0.440. The summed E-state index contributed by atoms with van der Waals surface area (Å²) >= 11 is 3.41. The van der Waals surface area contributed by atoms with Crippen LogP contribution in [0.25, 0.3) is 0 Å². The number of hydrogen-bond acceptors (Lipinski definition) is 1. The fourth-order valence-corrected chi connectivity index (χ4v) is 1.83. The molecule has 0 aromatic carbocycles. The topological polar surface area (TPSA) is 9.23 Å². The molecule has 0 saturated heterocycles. The van der Waals surface area contributed by atoms with Crippen LogP contribution in [0, 0.1) is 5.92 Å². The first kappa shape index (κ1) is 10.5. The van der Waals surface area contributed by atoms with Gasteiger partial charge in [0, 0.05) is 18.5 Å². The average molecular weight is 235 g/mol. The van der Waals surface area contributed by atoms with Gasteiger partial charge in [0.15, 0.2) is 0 Å². The van der Waals surface area contributed by atoms with Crippen molar-refractivity contribution < 1.29 is 4.74 Å². The first-order chi connectivity index (χ1) is 5.93. The highest BCUT2D eigenvalue weighted by Crippen LogP contribution is 2.29. The highest BCUT2D eigenvalue weighted by atomic mass is 79.9. The minimum absolute atomic E-state index is 0.957. The van der Waals surface area contributed by atoms with E-state index in [-0.39, 0.29) is 0 Å². The van der Waals surface area contributed by atoms with E-state index in [1.165, 1.54) is 38.5 Å². The molecule has 0 N–H and O–H groups in total. The van der Waals surface area contributed by atoms with Gasteiger partial charge in [-0.2, -0.15) is 0 Å². The molecule has 72 valence electrons. The van der Waals surface area contributed by atoms with Crippen LogP contribution in [0.3, 0.4) is 0 Å². The minimum atomic E-state index is 0.957. The highest BCUT2D eigenvalue weighted by molar-refractivity contribution is 9.09. The molecule has 0 aromatic rings. The molecule has 1 rings (SSSR count). The van der Waals surface area contributed by atoms with E-state index in [1.54, 1.807) is 0 Å². The van der Waals surface area contributed by atoms with E-state index in [2.05, 4.69) is 15.9 Å². The van der Waals surface area contributed by atoms with Gasteiger partial charge in [0.2, 0.25) is 0 Å². The molecule has 1 nitrogen and oxygen atoms in total. The van der Waals surface area contributed by atoms with Crippen LogP contribution >= 0.6 is 15.9 Å². The first-order valence-corrected chi connectivity index (χ1v) is 6.19. The summed E-state index contributed by atoms with van der Waals surface area (Å²) in [7, 11) is 0. The Morgan fingerprint density at radius 2 is 2.00 bits per heavy atom. The number of rotatable bonds is 7. The quantitative estimate of drug-likeness (QED) is 0.485. The van der Waals surface area contributed by atoms with Crippen molar-refractivity contribution in [2.45, 2.75) is 38.5 Å². The molecule has 0 aromatic heterocycles. The lowest BCUT2D eigenvalue weighted by atomic mass is 9.83. The summed E-state index contributed by atoms with van der Waals surface area (Å²) < 4.78 is 5.52. The normalized spacial score (nSPS) is 17.8. The second-order valence-corrected chi connectivity index (χ2v) is 4.39. The minimum Gasteiger partial charge on any atom is -0.381 e. The van der Waals surface area contributed by atoms with Crippen LogP contribution < -0.4 is 0 Å². The largest absolute Gasteiger partial charge is 0.381 e. The molecule has 0 aliphatic heterocycles. The molecule has 0 atom stereocenters. The second-order valence-electron chi connectivity index (χ2n) is 3.59. The zero-order chi connectivity index (χ0) is 8.65. The Bertz CT molecular complexity index is 102. The van der Waals surface area contributed by atoms with E-state index in [9.17, 15) is 0 Å². The standard InChI is InChI=1S/C10H19BrO/c11-7-1-2-8-12-9-6-10-4-3-5-10/h10H,1-9H2. The Morgan fingerprint density at radius 3 is 2.58 bits per heavy atom. The van der Waals surface area contributed by atoms with Gasteiger partial charge in [-0.25, -0.2) is 0 Å². The highest BCUT2D eigenvalue weighted by Gasteiger charge is 2.16. The van der Waals surface area contributed by atoms with Crippen molar-refractivity contribution in [3.05, 3.63) is 0 Å². The summed E-state index contributed by atoms with van der Waals surface area (Å²) in [5.41, 5.74) is 0. The molecular weight excluding hydrogens is 216 g/mol. The lowest BCUT2D eigenvalue weighted by molar-refractivity contribution is 0.104. The Labute approximate surface area is 84.0 Å². The van der Waals surface area contributed by atoms with Crippen LogP contribution in [0.15, 0.2) is 0 Å². The molecule has 2 heteroatoms. The molecule has 0 bridgehead atoms. The molecule has 0 heterocycles. The van der Waals surface area contributed by atoms with Gasteiger partial charge in [-0.15, -0.1) is 0 Å². The Kier molecular flexibility index (Phi) is 6.05. The van der Waals surface area contributed by atoms with Gasteiger partial charge in [0.05, 0.1) is 0 Å². The summed E-state index contributed by atoms with van der Waals surface area (Å²) in [6.45, 7) is 1.95. The van der Waals surface area contributed by atoms with Crippen molar-refractivity contribution in [3.8, 4) is 0 Å². The van der Waals surface area contributed by atoms with Gasteiger partial charge in [0.25, 0.3) is 0 Å². The van der Waals surface area contributed by atoms with Crippen LogP contribution in [-0.2, 0) is 4.74 Å². The van der Waals surface area contributed by atoms with Crippen LogP contribution in [0.1, 0.15) is 38.5 Å². The van der Waals surface area contributed by atoms with E-state index in [0.29, 0.717) is 0 Å². The van der Waals surface area contributed by atoms with E-state index in [0.717, 1.165) is 24.5 Å². The first-order valence-electron chi connectivity index (χ1n) is 5.07. The average Bonchev–Trinajstić information content (AvgIpc) is 2.00. The zero-order valence-corrected chi connectivity index (χ0v) is 9.31. The predicted molar refractivity (Wildman–Crippen MR) is 55.8 cm³/mol. The van der Waals surface area contributed by atoms with E-state index < -0.39 is 0 Å². The van der Waals surface area contributed by atoms with Crippen molar-refractivity contribution in [3.63, 3.8) is 0 Å². The summed E-state index contributed by atoms with van der Waals surface area (Å²) in [4.78, 5) is 0. The van der Waals surface area contributed by atoms with Crippen LogP contribution in [0.4, 0.5) is 0 Å². The maximum absolute atomic E-state index is 5.52. The van der Waals surface area contributed by atoms with E-state index in [4.69, 9.17) is 4.74 Å². The summed E-state index contributed by atoms with van der Waals surface area (Å²) in [6.07, 6.45) is 8.09. The lowest BCUT2D eigenvalue weighted by Gasteiger charge is -2.24. The van der Waals surface area contributed by atoms with Crippen molar-refractivity contribution in [1.29, 1.82) is 0 Å². The smallest absolute Gasteiger partial charge is 0.0468 e. The molecule has 1 saturated carbocycles. The van der Waals surface area contributed by atoms with Crippen LogP contribution in [0.2, 0.25) is 0 Å². The summed E-state index contributed by atoms with van der Waals surface area (Å²) in [5.74, 6) is 1.00. The Balaban J connectivity index is 1.70. The van der Waals surface area contributed by atoms with Gasteiger partial charge < -0.3 is 4.74 Å². The molecule has 0 unspecified atom stereocenters. The number of unbranched alkanes of at least 4 members (excludes halogenated alkanes) is 1. The summed E-state index contributed by atoms with van der Waals surface area (Å²) in [5, 5.41) is 1.11. The predicted octanol–water partition coefficient (Wildman–Crippen LogP) is 3.37. The third kappa shape index (κ3) is 4.46. The molecule has 0 amide bonds. The molecule has 12 heavy (non-hydrogen) atoms. The molecule has 0 radical (unpaired) electrons. The maximum atomic E-state index is 5.52. The van der Waals surface area contributed by atoms with Crippen molar-refractivity contribution in [2.24, 2.45) is 5.92 Å². The van der Waals surface area contributed by atoms with Gasteiger partial charge in [-0.05, 0) is 25.2 Å². The molecule has 1 fully saturated rings. The number of ether oxygens (including phenoxy) is 1. The summed E-state index contributed by atoms with van der Waals surface area (Å²) in [6, 6.07) is 0. The third-order valence-electron chi connectivity index (χ3n) is 2.57. The molecule has 1 aliphatic rings. The van der Waals surface area contributed by atoms with Gasteiger partial charge in [-0.3, -0.25) is 0 Å². The second kappa shape index (κ2) is 6.90. The van der Waals surface area contributed by atoms with Crippen LogP contribution in [0.5, 0.6) is 0 Å². The zero-order valence-electron chi connectivity index (χ0n) is 7.73. The number of hydrogen-bond donors (Lipinski definition) is 0. The van der Waals surface area contributed by atoms with Crippen molar-refractivity contribution in [1.82, 2.24) is 0 Å². The monoisotopic (exact) mass is 234 g/mol. The third-order valence-corrected chi connectivity index (χ3v) is 3.13. The van der Waals surface area contributed by atoms with Crippen LogP contribution in [-0.4, -0.2) is 18.5 Å². The number of alkyl halides is 1. The lowest BCUT2D eigenvalue weighted by Crippen LogP contribution is -2.13. The van der Waals surface area contributed by atoms with Crippen molar-refractivity contribution in [2.75, 3.05) is 18.5 Å². The van der Waals surface area contributed by atoms with Crippen molar-refractivity contribution >= 4 is 15.9 Å². The van der Waals surface area contributed by atoms with E-state index in [1.807, 2.05) is 0 Å². The maximum Gasteiger partial charge on any atom is 0.0468 e. The van der Waals surface area contributed by atoms with E-state index >= 15 is 0 Å². The number of halogens is 1. The van der Waals surface area contributed by atoms with Gasteiger partial charge >= 0.3 is 0 Å². The Morgan fingerprint density at radius 1 is 1.17 bits per heavy atom. The fourth-order valence-electron chi connectivity index (χ4n) is 1.43.